The molecule has 2 aromatic rings. The monoisotopic (exact) mass is 343 g/mol. The Kier molecular flexibility index (Phi) is 4.93. The van der Waals surface area contributed by atoms with Gasteiger partial charge in [-0.15, -0.1) is 0 Å². The number of anilines is 1. The summed E-state index contributed by atoms with van der Waals surface area (Å²) in [5.41, 5.74) is -0.259. The molecule has 0 spiro atoms. The number of benzene rings is 1. The van der Waals surface area contributed by atoms with Crippen LogP contribution in [0.25, 0.3) is 11.1 Å². The van der Waals surface area contributed by atoms with Crippen LogP contribution in [0.5, 0.6) is 0 Å². The Morgan fingerprint density at radius 2 is 1.96 bits per heavy atom. The molecular weight excluding hydrogens is 325 g/mol. The Hall–Kier alpha value is -3.14. The predicted molar refractivity (Wildman–Crippen MR) is 91.8 cm³/mol. The minimum atomic E-state index is -0.722. The number of ether oxygens (including phenoxy) is 1. The number of hydrogen-bond acceptors (Lipinski definition) is 4. The van der Waals surface area contributed by atoms with E-state index < -0.39 is 23.1 Å². The number of amides is 1. The van der Waals surface area contributed by atoms with E-state index in [0.29, 0.717) is 5.69 Å². The maximum atomic E-state index is 13.8. The van der Waals surface area contributed by atoms with Crippen molar-refractivity contribution in [3.05, 3.63) is 51.7 Å². The van der Waals surface area contributed by atoms with E-state index in [4.69, 9.17) is 4.74 Å². The maximum absolute atomic E-state index is 13.8. The van der Waals surface area contributed by atoms with Crippen molar-refractivity contribution < 1.29 is 13.9 Å². The topological polar surface area (TPSA) is 95.0 Å². The molecule has 7 heteroatoms. The van der Waals surface area contributed by atoms with Gasteiger partial charge in [0, 0.05) is 16.8 Å². The molecule has 0 unspecified atom stereocenters. The molecule has 2 rings (SSSR count). The highest BCUT2D eigenvalue weighted by molar-refractivity contribution is 5.92. The number of carbonyl (C=O) groups excluding carboxylic acids is 1. The molecule has 0 saturated carbocycles. The average Bonchev–Trinajstić information content (AvgIpc) is 2.46. The quantitative estimate of drug-likeness (QED) is 0.869. The van der Waals surface area contributed by atoms with Gasteiger partial charge in [-0.1, -0.05) is 0 Å². The van der Waals surface area contributed by atoms with Crippen LogP contribution in [0.15, 0.2) is 29.1 Å². The maximum Gasteiger partial charge on any atom is 0.412 e. The summed E-state index contributed by atoms with van der Waals surface area (Å²) < 4.78 is 19.0. The number of H-pyrrole nitrogens is 1. The molecule has 0 bridgehead atoms. The third-order valence-corrected chi connectivity index (χ3v) is 3.19. The molecule has 1 heterocycles. The molecule has 0 aliphatic rings. The van der Waals surface area contributed by atoms with Crippen molar-refractivity contribution in [2.24, 2.45) is 0 Å². The van der Waals surface area contributed by atoms with Gasteiger partial charge in [0.15, 0.2) is 0 Å². The molecule has 2 N–H and O–H groups in total. The minimum Gasteiger partial charge on any atom is -0.444 e. The number of pyridine rings is 1. The fourth-order valence-electron chi connectivity index (χ4n) is 2.27. The molecule has 130 valence electrons. The number of aromatic amines is 1. The molecule has 1 aromatic heterocycles. The van der Waals surface area contributed by atoms with E-state index in [0.717, 1.165) is 6.07 Å². The van der Waals surface area contributed by atoms with Crippen LogP contribution in [-0.2, 0) is 4.74 Å². The second kappa shape index (κ2) is 6.77. The zero-order valence-electron chi connectivity index (χ0n) is 14.4. The Bertz CT molecular complexity index is 921. The van der Waals surface area contributed by atoms with Crippen LogP contribution in [0.3, 0.4) is 0 Å². The first-order chi connectivity index (χ1) is 11.6. The summed E-state index contributed by atoms with van der Waals surface area (Å²) in [4.78, 5) is 26.5. The largest absolute Gasteiger partial charge is 0.444 e. The fourth-order valence-corrected chi connectivity index (χ4v) is 2.27. The molecule has 6 nitrogen and oxygen atoms in total. The van der Waals surface area contributed by atoms with Crippen LogP contribution < -0.4 is 10.9 Å². The van der Waals surface area contributed by atoms with Crippen molar-refractivity contribution in [3.63, 3.8) is 0 Å². The number of aromatic nitrogens is 1. The Morgan fingerprint density at radius 3 is 2.56 bits per heavy atom. The lowest BCUT2D eigenvalue weighted by molar-refractivity contribution is 0.0636. The number of rotatable bonds is 2. The molecule has 0 aliphatic heterocycles. The molecule has 1 amide bonds. The van der Waals surface area contributed by atoms with Gasteiger partial charge in [0.25, 0.3) is 5.56 Å². The first-order valence-corrected chi connectivity index (χ1v) is 7.54. The third-order valence-electron chi connectivity index (χ3n) is 3.19. The summed E-state index contributed by atoms with van der Waals surface area (Å²) >= 11 is 0. The van der Waals surface area contributed by atoms with E-state index in [-0.39, 0.29) is 22.4 Å². The number of nitrogens with zero attached hydrogens (tertiary/aromatic N) is 1. The molecule has 1 aromatic carbocycles. The van der Waals surface area contributed by atoms with Crippen LogP contribution in [0.1, 0.15) is 32.0 Å². The van der Waals surface area contributed by atoms with Crippen LogP contribution in [-0.4, -0.2) is 16.7 Å². The number of nitriles is 1. The Morgan fingerprint density at radius 1 is 1.28 bits per heavy atom. The predicted octanol–water partition coefficient (Wildman–Crippen LogP) is 3.71. The van der Waals surface area contributed by atoms with Crippen LogP contribution in [0.2, 0.25) is 0 Å². The van der Waals surface area contributed by atoms with Gasteiger partial charge in [0.1, 0.15) is 23.1 Å². The van der Waals surface area contributed by atoms with E-state index in [1.54, 1.807) is 33.8 Å². The van der Waals surface area contributed by atoms with E-state index in [1.807, 2.05) is 6.07 Å². The second-order valence-electron chi connectivity index (χ2n) is 6.50. The molecule has 0 aliphatic carbocycles. The van der Waals surface area contributed by atoms with Crippen molar-refractivity contribution in [1.29, 1.82) is 5.26 Å². The third kappa shape index (κ3) is 4.44. The number of halogens is 1. The highest BCUT2D eigenvalue weighted by Crippen LogP contribution is 2.31. The number of hydrogen-bond donors (Lipinski definition) is 2. The van der Waals surface area contributed by atoms with Crippen LogP contribution >= 0.6 is 0 Å². The van der Waals surface area contributed by atoms with E-state index in [2.05, 4.69) is 10.3 Å². The van der Waals surface area contributed by atoms with Crippen molar-refractivity contribution >= 4 is 11.8 Å². The van der Waals surface area contributed by atoms with E-state index >= 15 is 0 Å². The lowest BCUT2D eigenvalue weighted by Gasteiger charge is -2.20. The van der Waals surface area contributed by atoms with Gasteiger partial charge in [-0.2, -0.15) is 5.26 Å². The molecule has 0 fully saturated rings. The second-order valence-corrected chi connectivity index (χ2v) is 6.50. The Labute approximate surface area is 144 Å². The fraction of sp³-hybridized carbons (Fsp3) is 0.278. The van der Waals surface area contributed by atoms with Crippen molar-refractivity contribution in [3.8, 4) is 17.2 Å². The van der Waals surface area contributed by atoms with Gasteiger partial charge in [-0.3, -0.25) is 10.1 Å². The summed E-state index contributed by atoms with van der Waals surface area (Å²) in [7, 11) is 0. The highest BCUT2D eigenvalue weighted by Gasteiger charge is 2.19. The van der Waals surface area contributed by atoms with Crippen LogP contribution in [0, 0.1) is 24.1 Å². The van der Waals surface area contributed by atoms with E-state index in [9.17, 15) is 19.2 Å². The molecule has 25 heavy (non-hydrogen) atoms. The number of aryl methyl sites for hydroxylation is 1. The van der Waals surface area contributed by atoms with Crippen molar-refractivity contribution in [2.45, 2.75) is 33.3 Å². The molecular formula is C18H18FN3O3. The minimum absolute atomic E-state index is 0.163. The summed E-state index contributed by atoms with van der Waals surface area (Å²) in [6.45, 7) is 6.79. The average molecular weight is 343 g/mol. The van der Waals surface area contributed by atoms with Gasteiger partial charge < -0.3 is 9.72 Å². The first-order valence-electron chi connectivity index (χ1n) is 7.54. The van der Waals surface area contributed by atoms with Crippen molar-refractivity contribution in [1.82, 2.24) is 4.98 Å². The van der Waals surface area contributed by atoms with Gasteiger partial charge in [-0.25, -0.2) is 9.18 Å². The smallest absolute Gasteiger partial charge is 0.412 e. The molecule has 0 radical (unpaired) electrons. The summed E-state index contributed by atoms with van der Waals surface area (Å²) in [6.07, 6.45) is -0.722. The van der Waals surface area contributed by atoms with Gasteiger partial charge in [-0.05, 0) is 52.0 Å². The lowest BCUT2D eigenvalue weighted by atomic mass is 9.99. The van der Waals surface area contributed by atoms with Crippen LogP contribution in [0.4, 0.5) is 14.9 Å². The van der Waals surface area contributed by atoms with Crippen molar-refractivity contribution in [2.75, 3.05) is 5.32 Å². The van der Waals surface area contributed by atoms with E-state index in [1.165, 1.54) is 12.1 Å². The first kappa shape index (κ1) is 18.2. The molecule has 0 saturated heterocycles. The van der Waals surface area contributed by atoms with Gasteiger partial charge in [0.2, 0.25) is 0 Å². The lowest BCUT2D eigenvalue weighted by Crippen LogP contribution is -2.27. The SMILES string of the molecule is Cc1cc(-c2cc(F)ccc2NC(=O)OC(C)(C)C)c(C#N)c(=O)[nH]1. The summed E-state index contributed by atoms with van der Waals surface area (Å²) in [5, 5.41) is 11.8. The normalized spacial score (nSPS) is 10.9. The summed E-state index contributed by atoms with van der Waals surface area (Å²) in [6, 6.07) is 7.05. The number of carbonyl (C=O) groups is 1. The highest BCUT2D eigenvalue weighted by atomic mass is 19.1. The number of nitrogens with one attached hydrogen (secondary N) is 2. The standard InChI is InChI=1S/C18H18FN3O3/c1-10-7-12(14(9-20)16(23)21-10)13-8-11(19)5-6-15(13)22-17(24)25-18(2,3)4/h5-8H,1-4H3,(H,21,23)(H,22,24). The van der Waals surface area contributed by atoms with Gasteiger partial charge >= 0.3 is 6.09 Å². The zero-order chi connectivity index (χ0) is 18.8. The molecule has 0 atom stereocenters. The van der Waals surface area contributed by atoms with Gasteiger partial charge in [0.05, 0.1) is 5.69 Å². The Balaban J connectivity index is 2.57. The summed E-state index contributed by atoms with van der Waals surface area (Å²) in [5.74, 6) is -0.563. The zero-order valence-corrected chi connectivity index (χ0v) is 14.4.